The van der Waals surface area contributed by atoms with Gasteiger partial charge in [-0.05, 0) is 97.7 Å². The normalized spacial score (nSPS) is 19.9. The van der Waals surface area contributed by atoms with Gasteiger partial charge in [0.15, 0.2) is 0 Å². The van der Waals surface area contributed by atoms with Crippen LogP contribution in [-0.4, -0.2) is 95.9 Å². The number of H-pyrrole nitrogens is 1. The Morgan fingerprint density at radius 1 is 0.985 bits per heavy atom. The summed E-state index contributed by atoms with van der Waals surface area (Å²) in [6, 6.07) is 19.7. The fourth-order valence-electron chi connectivity index (χ4n) is 10.8. The highest BCUT2D eigenvalue weighted by atomic mass is 32.2. The van der Waals surface area contributed by atoms with Crippen LogP contribution in [0.2, 0.25) is 0 Å². The van der Waals surface area contributed by atoms with Gasteiger partial charge >= 0.3 is 5.69 Å². The molecule has 15 nitrogen and oxygen atoms in total. The Hall–Kier alpha value is -5.58. The smallest absolute Gasteiger partial charge is 0.312 e. The van der Waals surface area contributed by atoms with E-state index in [-0.39, 0.29) is 22.5 Å². The molecular formula is C49H61N9O6S. The third-order valence-electron chi connectivity index (χ3n) is 14.6. The van der Waals surface area contributed by atoms with Crippen molar-refractivity contribution >= 4 is 44.2 Å². The summed E-state index contributed by atoms with van der Waals surface area (Å²) in [5.74, 6) is 0.400. The second-order valence-electron chi connectivity index (χ2n) is 19.0. The maximum absolute atomic E-state index is 14.0. The molecule has 5 heterocycles. The summed E-state index contributed by atoms with van der Waals surface area (Å²) < 4.78 is 35.9. The quantitative estimate of drug-likeness (QED) is 0.0713. The van der Waals surface area contributed by atoms with Crippen LogP contribution in [0.3, 0.4) is 0 Å². The molecule has 0 radical (unpaired) electrons. The highest BCUT2D eigenvalue weighted by Crippen LogP contribution is 2.53. The van der Waals surface area contributed by atoms with E-state index in [0.29, 0.717) is 41.9 Å². The molecule has 1 amide bonds. The molecule has 16 heteroatoms. The first-order chi connectivity index (χ1) is 31.4. The standard InChI is InChI=1S/C49H61N9O6S/c1-4-55-22-23-57(44(32-55)41-13-9-8-12-40(41)33(2)3)37-27-49(28-37)17-20-56(21-18-49)36-14-15-42(45(25-36)64-38-24-35-16-19-50-46(35)52-30-38)48(59)54-65(62,63)39-26-43(58(60)61)47(53-31-39)51-29-34-10-6-5-7-11-34/h8-9,12-16,19,24-26,30-31,33-34,37,44H,4-7,10-11,17-18,20-23,27-29,32H2,1-3H3,(H,50,52)(H,51,53)(H,54,59)/t44-/m0/s1. The minimum Gasteiger partial charge on any atom is -0.455 e. The second-order valence-corrected chi connectivity index (χ2v) is 20.6. The zero-order valence-corrected chi connectivity index (χ0v) is 38.5. The lowest BCUT2D eigenvalue weighted by Crippen LogP contribution is -2.60. The zero-order chi connectivity index (χ0) is 45.3. The number of ether oxygens (including phenoxy) is 1. The number of pyridine rings is 2. The zero-order valence-electron chi connectivity index (χ0n) is 37.7. The van der Waals surface area contributed by atoms with Gasteiger partial charge in [0.05, 0.1) is 22.9 Å². The minimum atomic E-state index is -4.59. The number of sulfonamides is 1. The number of piperidine rings is 1. The molecule has 1 spiro atoms. The number of hydrogen-bond donors (Lipinski definition) is 3. The van der Waals surface area contributed by atoms with E-state index >= 15 is 0 Å². The van der Waals surface area contributed by atoms with E-state index < -0.39 is 31.4 Å². The third kappa shape index (κ3) is 9.57. The number of carbonyl (C=O) groups is 1. The van der Waals surface area contributed by atoms with Crippen molar-refractivity contribution in [3.05, 3.63) is 106 Å². The molecule has 0 bridgehead atoms. The van der Waals surface area contributed by atoms with E-state index in [1.54, 1.807) is 30.6 Å². The summed E-state index contributed by atoms with van der Waals surface area (Å²) in [5.41, 5.74) is 4.23. The number of piperazine rings is 1. The minimum absolute atomic E-state index is 0.00625. The number of nitrogens with zero attached hydrogens (tertiary/aromatic N) is 6. The highest BCUT2D eigenvalue weighted by molar-refractivity contribution is 7.90. The molecule has 2 saturated carbocycles. The highest BCUT2D eigenvalue weighted by Gasteiger charge is 2.50. The number of aromatic nitrogens is 3. The molecule has 0 unspecified atom stereocenters. The molecule has 344 valence electrons. The predicted molar refractivity (Wildman–Crippen MR) is 252 cm³/mol. The largest absolute Gasteiger partial charge is 0.455 e. The summed E-state index contributed by atoms with van der Waals surface area (Å²) >= 11 is 0. The van der Waals surface area contributed by atoms with Crippen molar-refractivity contribution in [3.63, 3.8) is 0 Å². The SMILES string of the molecule is CCN1CCN(C2CC3(CCN(c4ccc(C(=O)NS(=O)(=O)c5cnc(NCC6CCCCC6)c([N+](=O)[O-])c5)c(Oc5cnc6[nH]ccc6c5)c4)CC3)C2)[C@H](c2ccccc2C(C)C)C1. The molecule has 3 aromatic heterocycles. The van der Waals surface area contributed by atoms with Gasteiger partial charge in [0.1, 0.15) is 22.0 Å². The number of amides is 1. The fraction of sp³-hybridized carbons (Fsp3) is 0.490. The average molecular weight is 904 g/mol. The average Bonchev–Trinajstić information content (AvgIpc) is 3.78. The van der Waals surface area contributed by atoms with E-state index in [2.05, 4.69) is 84.7 Å². The molecule has 3 N–H and O–H groups in total. The third-order valence-corrected chi connectivity index (χ3v) is 15.9. The van der Waals surface area contributed by atoms with E-state index in [4.69, 9.17) is 4.74 Å². The Morgan fingerprint density at radius 3 is 2.52 bits per heavy atom. The van der Waals surface area contributed by atoms with E-state index in [9.17, 15) is 23.3 Å². The number of likely N-dealkylation sites (N-methyl/N-ethyl adjacent to an activating group) is 1. The molecule has 2 aliphatic carbocycles. The van der Waals surface area contributed by atoms with Crippen molar-refractivity contribution in [2.24, 2.45) is 11.3 Å². The van der Waals surface area contributed by atoms with E-state index in [1.807, 2.05) is 12.1 Å². The van der Waals surface area contributed by atoms with Crippen molar-refractivity contribution in [1.29, 1.82) is 0 Å². The van der Waals surface area contributed by atoms with Crippen LogP contribution in [0, 0.1) is 21.4 Å². The molecule has 4 aliphatic rings. The number of nitrogens with one attached hydrogen (secondary N) is 3. The van der Waals surface area contributed by atoms with Crippen LogP contribution in [0.25, 0.3) is 11.0 Å². The number of rotatable bonds is 14. The first kappa shape index (κ1) is 44.6. The van der Waals surface area contributed by atoms with Crippen molar-refractivity contribution in [3.8, 4) is 11.5 Å². The summed E-state index contributed by atoms with van der Waals surface area (Å²) in [4.78, 5) is 44.3. The predicted octanol–water partition coefficient (Wildman–Crippen LogP) is 9.02. The van der Waals surface area contributed by atoms with E-state index in [1.165, 1.54) is 30.4 Å². The van der Waals surface area contributed by atoms with Gasteiger partial charge in [0.25, 0.3) is 15.9 Å². The number of hydrogen-bond acceptors (Lipinski definition) is 12. The van der Waals surface area contributed by atoms with Crippen LogP contribution in [0.15, 0.2) is 84.1 Å². The number of carbonyl (C=O) groups excluding carboxylic acids is 1. The van der Waals surface area contributed by atoms with Crippen molar-refractivity contribution in [2.75, 3.05) is 56.0 Å². The van der Waals surface area contributed by atoms with E-state index in [0.717, 1.165) is 101 Å². The fourth-order valence-corrected chi connectivity index (χ4v) is 11.8. The lowest BCUT2D eigenvalue weighted by molar-refractivity contribution is -0.384. The monoisotopic (exact) mass is 903 g/mol. The van der Waals surface area contributed by atoms with Crippen LogP contribution < -0.4 is 19.7 Å². The van der Waals surface area contributed by atoms with Crippen LogP contribution in [0.4, 0.5) is 17.2 Å². The Morgan fingerprint density at radius 2 is 1.77 bits per heavy atom. The summed E-state index contributed by atoms with van der Waals surface area (Å²) in [5, 5.41) is 16.0. The molecule has 1 atom stereocenters. The Bertz CT molecular complexity index is 2630. The molecule has 5 aromatic rings. The summed E-state index contributed by atoms with van der Waals surface area (Å²) in [6.45, 7) is 13.3. The van der Waals surface area contributed by atoms with Gasteiger partial charge in [-0.15, -0.1) is 0 Å². The number of anilines is 2. The number of nitro groups is 1. The lowest BCUT2D eigenvalue weighted by atomic mass is 9.59. The van der Waals surface area contributed by atoms with Gasteiger partial charge in [-0.1, -0.05) is 64.3 Å². The first-order valence-electron chi connectivity index (χ1n) is 23.4. The number of fused-ring (bicyclic) bond motifs is 1. The summed E-state index contributed by atoms with van der Waals surface area (Å²) in [6.07, 6.45) is 14.3. The van der Waals surface area contributed by atoms with Gasteiger partial charge in [-0.25, -0.2) is 23.1 Å². The number of aromatic amines is 1. The Balaban J connectivity index is 0.907. The van der Waals surface area contributed by atoms with Crippen LogP contribution >= 0.6 is 0 Å². The molecule has 2 aliphatic heterocycles. The van der Waals surface area contributed by atoms with Crippen molar-refractivity contribution < 1.29 is 22.9 Å². The first-order valence-corrected chi connectivity index (χ1v) is 24.9. The molecule has 9 rings (SSSR count). The summed E-state index contributed by atoms with van der Waals surface area (Å²) in [7, 11) is -4.59. The van der Waals surface area contributed by atoms with Crippen molar-refractivity contribution in [1.82, 2.24) is 29.5 Å². The van der Waals surface area contributed by atoms with Gasteiger partial charge < -0.3 is 24.8 Å². The maximum Gasteiger partial charge on any atom is 0.312 e. The van der Waals surface area contributed by atoms with Crippen molar-refractivity contribution in [2.45, 2.75) is 101 Å². The molecule has 2 saturated heterocycles. The maximum atomic E-state index is 14.0. The van der Waals surface area contributed by atoms with Crippen LogP contribution in [-0.2, 0) is 10.0 Å². The number of benzene rings is 2. The molecule has 65 heavy (non-hydrogen) atoms. The van der Waals surface area contributed by atoms with Gasteiger partial charge in [0, 0.05) is 80.8 Å². The lowest BCUT2D eigenvalue weighted by Gasteiger charge is -2.58. The van der Waals surface area contributed by atoms with Gasteiger partial charge in [-0.3, -0.25) is 19.8 Å². The molecule has 2 aromatic carbocycles. The topological polar surface area (TPSA) is 179 Å². The Kier molecular flexibility index (Phi) is 12.9. The van der Waals surface area contributed by atoms with Crippen LogP contribution in [0.1, 0.15) is 112 Å². The second kappa shape index (κ2) is 18.7. The van der Waals surface area contributed by atoms with Crippen LogP contribution in [0.5, 0.6) is 11.5 Å². The molecular weight excluding hydrogens is 843 g/mol. The Labute approximate surface area is 381 Å². The van der Waals surface area contributed by atoms with Gasteiger partial charge in [-0.2, -0.15) is 0 Å². The molecule has 4 fully saturated rings. The van der Waals surface area contributed by atoms with Gasteiger partial charge in [0.2, 0.25) is 5.82 Å².